The zero-order valence-electron chi connectivity index (χ0n) is 13.0. The zero-order chi connectivity index (χ0) is 15.2. The maximum Gasteiger partial charge on any atom is 0.240 e. The Morgan fingerprint density at radius 2 is 1.86 bits per heavy atom. The van der Waals surface area contributed by atoms with Crippen LogP contribution in [0, 0.1) is 12.3 Å². The molecule has 0 aliphatic carbocycles. The number of thiazole rings is 1. The molecule has 0 spiro atoms. The van der Waals surface area contributed by atoms with Crippen LogP contribution in [0.1, 0.15) is 25.3 Å². The van der Waals surface area contributed by atoms with Crippen molar-refractivity contribution in [3.8, 4) is 0 Å². The van der Waals surface area contributed by atoms with Crippen LogP contribution in [-0.4, -0.2) is 43.0 Å². The molecule has 1 aromatic rings. The summed E-state index contributed by atoms with van der Waals surface area (Å²) in [5.74, 6) is 0.538. The van der Waals surface area contributed by atoms with Crippen molar-refractivity contribution >= 4 is 46.4 Å². The lowest BCUT2D eigenvalue weighted by Crippen LogP contribution is -2.44. The van der Waals surface area contributed by atoms with Crippen molar-refractivity contribution in [2.75, 3.05) is 36.0 Å². The summed E-state index contributed by atoms with van der Waals surface area (Å²) in [5.41, 5.74) is -0.615. The van der Waals surface area contributed by atoms with Gasteiger partial charge in [0, 0.05) is 32.6 Å². The minimum Gasteiger partial charge on any atom is -0.352 e. The van der Waals surface area contributed by atoms with Crippen molar-refractivity contribution in [2.45, 2.75) is 27.2 Å². The van der Waals surface area contributed by atoms with E-state index in [1.165, 1.54) is 16.2 Å². The number of imide groups is 1. The molecule has 22 heavy (non-hydrogen) atoms. The summed E-state index contributed by atoms with van der Waals surface area (Å²) >= 11 is 1.42. The van der Waals surface area contributed by atoms with Crippen LogP contribution in [0.2, 0.25) is 0 Å². The Kier molecular flexibility index (Phi) is 4.79. The third-order valence-corrected chi connectivity index (χ3v) is 4.89. The van der Waals surface area contributed by atoms with Gasteiger partial charge in [-0.15, -0.1) is 12.4 Å². The highest BCUT2D eigenvalue weighted by Gasteiger charge is 2.47. The first-order valence-corrected chi connectivity index (χ1v) is 8.02. The van der Waals surface area contributed by atoms with Crippen LogP contribution < -0.4 is 15.1 Å². The fourth-order valence-electron chi connectivity index (χ4n) is 2.79. The Hall–Kier alpha value is -1.18. The van der Waals surface area contributed by atoms with Crippen LogP contribution in [0.5, 0.6) is 0 Å². The summed E-state index contributed by atoms with van der Waals surface area (Å²) in [6, 6.07) is 0. The Bertz CT molecular complexity index is 596. The van der Waals surface area contributed by atoms with E-state index >= 15 is 0 Å². The minimum absolute atomic E-state index is 0. The smallest absolute Gasteiger partial charge is 0.240 e. The summed E-state index contributed by atoms with van der Waals surface area (Å²) in [6.45, 7) is 9.03. The van der Waals surface area contributed by atoms with Gasteiger partial charge in [-0.2, -0.15) is 0 Å². The molecule has 3 rings (SSSR count). The highest BCUT2D eigenvalue weighted by atomic mass is 35.5. The predicted octanol–water partition coefficient (Wildman–Crippen LogP) is 1.57. The molecule has 0 radical (unpaired) electrons. The molecule has 0 bridgehead atoms. The van der Waals surface area contributed by atoms with Gasteiger partial charge in [-0.3, -0.25) is 9.59 Å². The van der Waals surface area contributed by atoms with E-state index in [1.54, 1.807) is 0 Å². The molecule has 0 atom stereocenters. The maximum absolute atomic E-state index is 12.5. The van der Waals surface area contributed by atoms with Crippen LogP contribution in [0.4, 0.5) is 10.8 Å². The minimum atomic E-state index is -0.615. The van der Waals surface area contributed by atoms with Gasteiger partial charge in [0.25, 0.3) is 0 Å². The number of carbonyl (C=O) groups excluding carboxylic acids is 2. The van der Waals surface area contributed by atoms with Crippen molar-refractivity contribution in [1.82, 2.24) is 10.3 Å². The Morgan fingerprint density at radius 1 is 1.23 bits per heavy atom. The van der Waals surface area contributed by atoms with Crippen LogP contribution in [0.3, 0.4) is 0 Å². The molecule has 0 aromatic carbocycles. The molecule has 1 aromatic heterocycles. The molecule has 6 nitrogen and oxygen atoms in total. The van der Waals surface area contributed by atoms with E-state index in [-0.39, 0.29) is 30.6 Å². The number of rotatable bonds is 2. The molecule has 1 N–H and O–H groups in total. The SMILES string of the molecule is Cc1nc(N2CCNCC2)c(N2C(=O)CC(C)(C)C2=O)s1.Cl. The molecule has 2 saturated heterocycles. The molecule has 0 unspecified atom stereocenters. The number of anilines is 2. The largest absolute Gasteiger partial charge is 0.352 e. The predicted molar refractivity (Wildman–Crippen MR) is 90.1 cm³/mol. The van der Waals surface area contributed by atoms with Crippen molar-refractivity contribution in [3.05, 3.63) is 5.01 Å². The molecule has 2 aliphatic rings. The van der Waals surface area contributed by atoms with Crippen LogP contribution in [-0.2, 0) is 9.59 Å². The average Bonchev–Trinajstić information content (AvgIpc) is 2.89. The zero-order valence-corrected chi connectivity index (χ0v) is 14.6. The topological polar surface area (TPSA) is 65.5 Å². The second-order valence-corrected chi connectivity index (χ2v) is 7.38. The number of hydrogen-bond acceptors (Lipinski definition) is 6. The van der Waals surface area contributed by atoms with Gasteiger partial charge in [0.1, 0.15) is 5.00 Å². The number of halogens is 1. The van der Waals surface area contributed by atoms with E-state index in [0.29, 0.717) is 5.00 Å². The van der Waals surface area contributed by atoms with E-state index in [4.69, 9.17) is 0 Å². The van der Waals surface area contributed by atoms with Crippen LogP contribution in [0.15, 0.2) is 0 Å². The molecule has 0 saturated carbocycles. The lowest BCUT2D eigenvalue weighted by atomic mass is 9.92. The Morgan fingerprint density at radius 3 is 2.41 bits per heavy atom. The summed E-state index contributed by atoms with van der Waals surface area (Å²) in [4.78, 5) is 32.9. The van der Waals surface area contributed by atoms with Gasteiger partial charge in [-0.1, -0.05) is 25.2 Å². The fourth-order valence-corrected chi connectivity index (χ4v) is 3.74. The monoisotopic (exact) mass is 344 g/mol. The highest BCUT2D eigenvalue weighted by Crippen LogP contribution is 2.42. The van der Waals surface area contributed by atoms with Gasteiger partial charge in [0.15, 0.2) is 5.82 Å². The molecular formula is C14H21ClN4O2S. The molecule has 2 fully saturated rings. The Labute approximate surface area is 140 Å². The number of nitrogens with one attached hydrogen (secondary N) is 1. The number of aryl methyl sites for hydroxylation is 1. The van der Waals surface area contributed by atoms with Gasteiger partial charge in [0.05, 0.1) is 10.4 Å². The van der Waals surface area contributed by atoms with Gasteiger partial charge >= 0.3 is 0 Å². The van der Waals surface area contributed by atoms with E-state index < -0.39 is 5.41 Å². The lowest BCUT2D eigenvalue weighted by Gasteiger charge is -2.29. The number of piperazine rings is 1. The fraction of sp³-hybridized carbons (Fsp3) is 0.643. The first-order valence-electron chi connectivity index (χ1n) is 7.20. The number of carbonyl (C=O) groups is 2. The third kappa shape index (κ3) is 2.85. The highest BCUT2D eigenvalue weighted by molar-refractivity contribution is 7.16. The van der Waals surface area contributed by atoms with Crippen molar-refractivity contribution in [1.29, 1.82) is 0 Å². The second kappa shape index (κ2) is 6.14. The summed E-state index contributed by atoms with van der Waals surface area (Å²) in [6.07, 6.45) is 0.268. The third-order valence-electron chi connectivity index (χ3n) is 3.94. The number of hydrogen-bond donors (Lipinski definition) is 1. The van der Waals surface area contributed by atoms with Crippen molar-refractivity contribution < 1.29 is 9.59 Å². The van der Waals surface area contributed by atoms with E-state index in [2.05, 4.69) is 15.2 Å². The van der Waals surface area contributed by atoms with Gasteiger partial charge < -0.3 is 10.2 Å². The molecule has 8 heteroatoms. The summed E-state index contributed by atoms with van der Waals surface area (Å²) in [5, 5.41) is 4.87. The normalized spacial score (nSPS) is 21.2. The standard InChI is InChI=1S/C14H20N4O2S.ClH/c1-9-16-11(17-6-4-15-5-7-17)12(21-9)18-10(19)8-14(2,3)13(18)20;/h15H,4-8H2,1-3H3;1H. The number of aromatic nitrogens is 1. The van der Waals surface area contributed by atoms with Crippen molar-refractivity contribution in [3.63, 3.8) is 0 Å². The second-order valence-electron chi connectivity index (χ2n) is 6.19. The lowest BCUT2D eigenvalue weighted by molar-refractivity contribution is -0.124. The number of nitrogens with zero attached hydrogens (tertiary/aromatic N) is 3. The van der Waals surface area contributed by atoms with Gasteiger partial charge in [0.2, 0.25) is 11.8 Å². The van der Waals surface area contributed by atoms with E-state index in [0.717, 1.165) is 37.0 Å². The molecule has 2 aliphatic heterocycles. The van der Waals surface area contributed by atoms with Crippen molar-refractivity contribution in [2.24, 2.45) is 5.41 Å². The first-order chi connectivity index (χ1) is 9.90. The Balaban J connectivity index is 0.00000176. The quantitative estimate of drug-likeness (QED) is 0.825. The molecule has 2 amide bonds. The average molecular weight is 345 g/mol. The summed E-state index contributed by atoms with van der Waals surface area (Å²) < 4.78 is 0. The molecular weight excluding hydrogens is 324 g/mol. The first kappa shape index (κ1) is 17.2. The number of amides is 2. The van der Waals surface area contributed by atoms with E-state index in [1.807, 2.05) is 20.8 Å². The molecule has 122 valence electrons. The molecule has 3 heterocycles. The van der Waals surface area contributed by atoms with Crippen LogP contribution in [0.25, 0.3) is 0 Å². The van der Waals surface area contributed by atoms with Gasteiger partial charge in [-0.25, -0.2) is 9.88 Å². The van der Waals surface area contributed by atoms with E-state index in [9.17, 15) is 9.59 Å². The summed E-state index contributed by atoms with van der Waals surface area (Å²) in [7, 11) is 0. The van der Waals surface area contributed by atoms with Crippen LogP contribution >= 0.6 is 23.7 Å². The maximum atomic E-state index is 12.5. The van der Waals surface area contributed by atoms with Gasteiger partial charge in [-0.05, 0) is 6.92 Å².